The minimum Gasteiger partial charge on any atom is -0.374 e. The highest BCUT2D eigenvalue weighted by Crippen LogP contribution is 2.37. The van der Waals surface area contributed by atoms with Gasteiger partial charge in [-0.25, -0.2) is 0 Å². The maximum atomic E-state index is 6.41. The maximum absolute atomic E-state index is 6.41. The predicted molar refractivity (Wildman–Crippen MR) is 52.0 cm³/mol. The Balaban J connectivity index is 1.94. The van der Waals surface area contributed by atoms with E-state index in [0.717, 1.165) is 32.5 Å². The molecule has 76 valence electrons. The van der Waals surface area contributed by atoms with Crippen molar-refractivity contribution in [2.75, 3.05) is 13.2 Å². The first-order valence-corrected chi connectivity index (χ1v) is 5.63. The molecule has 0 aromatic rings. The molecule has 3 heteroatoms. The molecule has 2 aliphatic rings. The van der Waals surface area contributed by atoms with Gasteiger partial charge >= 0.3 is 0 Å². The van der Waals surface area contributed by atoms with E-state index in [2.05, 4.69) is 0 Å². The van der Waals surface area contributed by atoms with Crippen LogP contribution in [0.1, 0.15) is 38.5 Å². The van der Waals surface area contributed by atoms with Crippen LogP contribution in [0.15, 0.2) is 0 Å². The van der Waals surface area contributed by atoms with Crippen molar-refractivity contribution in [2.45, 2.75) is 49.7 Å². The molecule has 0 amide bonds. The van der Waals surface area contributed by atoms with Crippen LogP contribution >= 0.6 is 11.6 Å². The van der Waals surface area contributed by atoms with Crippen molar-refractivity contribution in [3.05, 3.63) is 0 Å². The van der Waals surface area contributed by atoms with Crippen molar-refractivity contribution in [2.24, 2.45) is 0 Å². The topological polar surface area (TPSA) is 18.5 Å². The summed E-state index contributed by atoms with van der Waals surface area (Å²) in [5.41, 5.74) is 0. The molecule has 2 saturated heterocycles. The average Bonchev–Trinajstić information content (AvgIpc) is 2.20. The summed E-state index contributed by atoms with van der Waals surface area (Å²) in [6.07, 6.45) is 6.84. The lowest BCUT2D eigenvalue weighted by Gasteiger charge is -2.39. The van der Waals surface area contributed by atoms with Crippen LogP contribution in [0.2, 0.25) is 0 Å². The van der Waals surface area contributed by atoms with E-state index in [1.165, 1.54) is 19.3 Å². The molecule has 2 fully saturated rings. The van der Waals surface area contributed by atoms with Crippen LogP contribution in [-0.2, 0) is 9.47 Å². The predicted octanol–water partition coefficient (Wildman–Crippen LogP) is 2.69. The van der Waals surface area contributed by atoms with E-state index >= 15 is 0 Å². The summed E-state index contributed by atoms with van der Waals surface area (Å²) < 4.78 is 11.3. The number of alkyl halides is 1. The molecule has 0 saturated carbocycles. The van der Waals surface area contributed by atoms with E-state index < -0.39 is 5.06 Å². The third-order valence-electron chi connectivity index (χ3n) is 2.91. The Hall–Kier alpha value is 0.210. The first-order chi connectivity index (χ1) is 6.31. The molecule has 0 aliphatic carbocycles. The molecule has 2 nitrogen and oxygen atoms in total. The van der Waals surface area contributed by atoms with Gasteiger partial charge in [-0.2, -0.15) is 0 Å². The van der Waals surface area contributed by atoms with Crippen molar-refractivity contribution < 1.29 is 9.47 Å². The third-order valence-corrected chi connectivity index (χ3v) is 3.46. The first-order valence-electron chi connectivity index (χ1n) is 5.26. The standard InChI is InChI=1S/C10H17ClO2/c11-10(6-2-4-8-13-10)9-5-1-3-7-12-9/h9H,1-8H2. The highest BCUT2D eigenvalue weighted by molar-refractivity contribution is 6.23. The van der Waals surface area contributed by atoms with E-state index in [-0.39, 0.29) is 6.10 Å². The summed E-state index contributed by atoms with van der Waals surface area (Å²) in [5.74, 6) is 0. The summed E-state index contributed by atoms with van der Waals surface area (Å²) >= 11 is 6.41. The minimum absolute atomic E-state index is 0.128. The van der Waals surface area contributed by atoms with Crippen LogP contribution in [-0.4, -0.2) is 24.4 Å². The van der Waals surface area contributed by atoms with Gasteiger partial charge in [-0.3, -0.25) is 0 Å². The second kappa shape index (κ2) is 4.16. The zero-order valence-electron chi connectivity index (χ0n) is 7.93. The molecule has 13 heavy (non-hydrogen) atoms. The van der Waals surface area contributed by atoms with Crippen molar-refractivity contribution in [1.82, 2.24) is 0 Å². The molecule has 0 aromatic carbocycles. The van der Waals surface area contributed by atoms with Gasteiger partial charge in [0, 0.05) is 13.2 Å². The van der Waals surface area contributed by atoms with Gasteiger partial charge in [0.2, 0.25) is 0 Å². The van der Waals surface area contributed by atoms with Gasteiger partial charge in [0.1, 0.15) is 6.10 Å². The Morgan fingerprint density at radius 3 is 2.54 bits per heavy atom. The fraction of sp³-hybridized carbons (Fsp3) is 1.00. The summed E-state index contributed by atoms with van der Waals surface area (Å²) in [6.45, 7) is 1.64. The van der Waals surface area contributed by atoms with Crippen LogP contribution in [0.3, 0.4) is 0 Å². The molecule has 2 rings (SSSR count). The maximum Gasteiger partial charge on any atom is 0.167 e. The third kappa shape index (κ3) is 2.17. The molecular formula is C10H17ClO2. The van der Waals surface area contributed by atoms with Gasteiger partial charge in [-0.15, -0.1) is 0 Å². The SMILES string of the molecule is ClC1(C2CCCCO2)CCCCO1. The lowest BCUT2D eigenvalue weighted by atomic mass is 9.97. The van der Waals surface area contributed by atoms with Gasteiger partial charge in [-0.05, 0) is 38.5 Å². The van der Waals surface area contributed by atoms with Crippen LogP contribution in [0.4, 0.5) is 0 Å². The van der Waals surface area contributed by atoms with Gasteiger partial charge in [0.25, 0.3) is 0 Å². The van der Waals surface area contributed by atoms with E-state index in [0.29, 0.717) is 0 Å². The second-order valence-electron chi connectivity index (χ2n) is 3.95. The number of hydrogen-bond donors (Lipinski definition) is 0. The first kappa shape index (κ1) is 9.75. The van der Waals surface area contributed by atoms with Gasteiger partial charge in [-0.1, -0.05) is 11.6 Å². The zero-order chi connectivity index (χ0) is 9.15. The van der Waals surface area contributed by atoms with Crippen LogP contribution in [0.5, 0.6) is 0 Å². The number of rotatable bonds is 1. The summed E-state index contributed by atoms with van der Waals surface area (Å²) in [5, 5.41) is -0.501. The van der Waals surface area contributed by atoms with E-state index in [1.54, 1.807) is 0 Å². The lowest BCUT2D eigenvalue weighted by molar-refractivity contribution is -0.132. The molecule has 2 atom stereocenters. The van der Waals surface area contributed by atoms with Gasteiger partial charge in [0.05, 0.1) is 0 Å². The molecule has 0 spiro atoms. The molecule has 0 radical (unpaired) electrons. The molecule has 2 aliphatic heterocycles. The van der Waals surface area contributed by atoms with Crippen molar-refractivity contribution in [3.63, 3.8) is 0 Å². The Labute approximate surface area is 84.5 Å². The van der Waals surface area contributed by atoms with E-state index in [9.17, 15) is 0 Å². The Morgan fingerprint density at radius 2 is 1.92 bits per heavy atom. The Morgan fingerprint density at radius 1 is 1.08 bits per heavy atom. The fourth-order valence-electron chi connectivity index (χ4n) is 2.12. The smallest absolute Gasteiger partial charge is 0.167 e. The number of hydrogen-bond acceptors (Lipinski definition) is 2. The normalized spacial score (nSPS) is 41.8. The van der Waals surface area contributed by atoms with Crippen molar-refractivity contribution in [1.29, 1.82) is 0 Å². The summed E-state index contributed by atoms with van der Waals surface area (Å²) in [6, 6.07) is 0. The quantitative estimate of drug-likeness (QED) is 0.612. The largest absolute Gasteiger partial charge is 0.374 e. The van der Waals surface area contributed by atoms with Crippen LogP contribution in [0, 0.1) is 0 Å². The summed E-state index contributed by atoms with van der Waals surface area (Å²) in [4.78, 5) is 0. The molecular weight excluding hydrogens is 188 g/mol. The second-order valence-corrected chi connectivity index (χ2v) is 4.59. The number of ether oxygens (including phenoxy) is 2. The van der Waals surface area contributed by atoms with Crippen LogP contribution in [0.25, 0.3) is 0 Å². The lowest BCUT2D eigenvalue weighted by Crippen LogP contribution is -2.45. The molecule has 2 heterocycles. The van der Waals surface area contributed by atoms with E-state index in [4.69, 9.17) is 21.1 Å². The fourth-order valence-corrected chi connectivity index (χ4v) is 2.50. The Kier molecular flexibility index (Phi) is 3.12. The molecule has 0 aromatic heterocycles. The monoisotopic (exact) mass is 204 g/mol. The highest BCUT2D eigenvalue weighted by atomic mass is 35.5. The van der Waals surface area contributed by atoms with Crippen LogP contribution < -0.4 is 0 Å². The molecule has 2 unspecified atom stereocenters. The summed E-state index contributed by atoms with van der Waals surface area (Å²) in [7, 11) is 0. The van der Waals surface area contributed by atoms with E-state index in [1.807, 2.05) is 0 Å². The van der Waals surface area contributed by atoms with Gasteiger partial charge in [0.15, 0.2) is 5.06 Å². The Bertz CT molecular complexity index is 160. The van der Waals surface area contributed by atoms with Crippen molar-refractivity contribution in [3.8, 4) is 0 Å². The zero-order valence-corrected chi connectivity index (χ0v) is 8.68. The highest BCUT2D eigenvalue weighted by Gasteiger charge is 2.40. The van der Waals surface area contributed by atoms with Gasteiger partial charge < -0.3 is 9.47 Å². The molecule has 0 N–H and O–H groups in total. The molecule has 0 bridgehead atoms. The van der Waals surface area contributed by atoms with Crippen molar-refractivity contribution >= 4 is 11.6 Å². The number of halogens is 1. The average molecular weight is 205 g/mol. The minimum atomic E-state index is -0.501.